The number of aliphatic hydroxyl groups excluding tert-OH is 2. The highest BCUT2D eigenvalue weighted by Gasteiger charge is 2.24. The van der Waals surface area contributed by atoms with Crippen LogP contribution in [0.4, 0.5) is 11.6 Å². The molecule has 0 bridgehead atoms. The van der Waals surface area contributed by atoms with Gasteiger partial charge in [0.1, 0.15) is 11.6 Å². The van der Waals surface area contributed by atoms with Crippen LogP contribution in [0.1, 0.15) is 13.8 Å². The van der Waals surface area contributed by atoms with Crippen molar-refractivity contribution in [1.29, 1.82) is 0 Å². The first kappa shape index (κ1) is 15.3. The number of aliphatic hydroxyl groups is 2. The average molecular weight is 294 g/mol. The molecular weight excluding hydrogens is 277 g/mol. The number of hydrogen-bond acceptors (Lipinski definition) is 5. The maximum absolute atomic E-state index is 9.23. The lowest BCUT2D eigenvalue weighted by atomic mass is 10.1. The SMILES string of the molecule is CCNc1nc(NC(C)(CO)CO)c(Cl)cc1Cl. The first-order chi connectivity index (χ1) is 8.45. The molecule has 1 heterocycles. The summed E-state index contributed by atoms with van der Waals surface area (Å²) in [7, 11) is 0. The van der Waals surface area contributed by atoms with Crippen molar-refractivity contribution >= 4 is 34.8 Å². The average Bonchev–Trinajstić information content (AvgIpc) is 2.35. The highest BCUT2D eigenvalue weighted by molar-refractivity contribution is 6.37. The van der Waals surface area contributed by atoms with E-state index in [2.05, 4.69) is 15.6 Å². The molecule has 0 aromatic carbocycles. The molecule has 0 atom stereocenters. The standard InChI is InChI=1S/C11H17Cl2N3O2/c1-3-14-9-7(12)4-8(13)10(15-9)16-11(2,5-17)6-18/h4,17-18H,3,5-6H2,1-2H3,(H2,14,15,16). The van der Waals surface area contributed by atoms with Crippen LogP contribution < -0.4 is 10.6 Å². The fourth-order valence-electron chi connectivity index (χ4n) is 1.26. The third kappa shape index (κ3) is 3.62. The first-order valence-corrected chi connectivity index (χ1v) is 6.31. The fourth-order valence-corrected chi connectivity index (χ4v) is 1.73. The van der Waals surface area contributed by atoms with Crippen molar-refractivity contribution < 1.29 is 10.2 Å². The van der Waals surface area contributed by atoms with E-state index < -0.39 is 5.54 Å². The maximum atomic E-state index is 9.23. The maximum Gasteiger partial charge on any atom is 0.147 e. The molecule has 18 heavy (non-hydrogen) atoms. The molecule has 4 N–H and O–H groups in total. The monoisotopic (exact) mass is 293 g/mol. The minimum Gasteiger partial charge on any atom is -0.394 e. The van der Waals surface area contributed by atoms with Gasteiger partial charge in [0, 0.05) is 6.54 Å². The Morgan fingerprint density at radius 3 is 2.28 bits per heavy atom. The van der Waals surface area contributed by atoms with Gasteiger partial charge in [-0.3, -0.25) is 0 Å². The van der Waals surface area contributed by atoms with Gasteiger partial charge in [0.15, 0.2) is 0 Å². The summed E-state index contributed by atoms with van der Waals surface area (Å²) in [6.45, 7) is 3.75. The molecule has 0 fully saturated rings. The lowest BCUT2D eigenvalue weighted by Gasteiger charge is -2.27. The second-order valence-electron chi connectivity index (χ2n) is 4.18. The molecule has 7 heteroatoms. The summed E-state index contributed by atoms with van der Waals surface area (Å²) >= 11 is 12.0. The number of anilines is 2. The van der Waals surface area contributed by atoms with Crippen LogP contribution in [-0.4, -0.2) is 40.5 Å². The Labute approximate surface area is 116 Å². The summed E-state index contributed by atoms with van der Waals surface area (Å²) in [6.07, 6.45) is 0. The summed E-state index contributed by atoms with van der Waals surface area (Å²) in [4.78, 5) is 4.23. The van der Waals surface area contributed by atoms with Gasteiger partial charge in [0.2, 0.25) is 0 Å². The van der Waals surface area contributed by atoms with Crippen molar-refractivity contribution in [3.05, 3.63) is 16.1 Å². The molecule has 5 nitrogen and oxygen atoms in total. The van der Waals surface area contributed by atoms with E-state index in [4.69, 9.17) is 23.2 Å². The Kier molecular flexibility index (Phi) is 5.47. The Bertz CT molecular complexity index is 412. The number of rotatable bonds is 6. The van der Waals surface area contributed by atoms with Crippen LogP contribution in [0.2, 0.25) is 10.0 Å². The second-order valence-corrected chi connectivity index (χ2v) is 5.00. The van der Waals surface area contributed by atoms with E-state index in [-0.39, 0.29) is 13.2 Å². The third-order valence-electron chi connectivity index (χ3n) is 2.39. The normalized spacial score (nSPS) is 11.4. The number of nitrogens with one attached hydrogen (secondary N) is 2. The van der Waals surface area contributed by atoms with Crippen molar-refractivity contribution in [2.75, 3.05) is 30.4 Å². The van der Waals surface area contributed by atoms with Crippen molar-refractivity contribution in [3.63, 3.8) is 0 Å². The molecule has 0 saturated carbocycles. The van der Waals surface area contributed by atoms with Gasteiger partial charge in [-0.2, -0.15) is 0 Å². The minimum atomic E-state index is -0.895. The summed E-state index contributed by atoms with van der Waals surface area (Å²) in [5.74, 6) is 0.868. The first-order valence-electron chi connectivity index (χ1n) is 5.55. The number of aromatic nitrogens is 1. The van der Waals surface area contributed by atoms with Gasteiger partial charge in [-0.1, -0.05) is 23.2 Å². The summed E-state index contributed by atoms with van der Waals surface area (Å²) in [5, 5.41) is 25.1. The van der Waals surface area contributed by atoms with Crippen LogP contribution >= 0.6 is 23.2 Å². The van der Waals surface area contributed by atoms with Crippen LogP contribution in [0.25, 0.3) is 0 Å². The lowest BCUT2D eigenvalue weighted by molar-refractivity contribution is 0.147. The van der Waals surface area contributed by atoms with E-state index >= 15 is 0 Å². The highest BCUT2D eigenvalue weighted by Crippen LogP contribution is 2.30. The highest BCUT2D eigenvalue weighted by atomic mass is 35.5. The smallest absolute Gasteiger partial charge is 0.147 e. The van der Waals surface area contributed by atoms with E-state index in [9.17, 15) is 10.2 Å². The van der Waals surface area contributed by atoms with Gasteiger partial charge in [-0.05, 0) is 19.9 Å². The van der Waals surface area contributed by atoms with Gasteiger partial charge < -0.3 is 20.8 Å². The molecule has 102 valence electrons. The van der Waals surface area contributed by atoms with E-state index in [0.29, 0.717) is 28.2 Å². The third-order valence-corrected chi connectivity index (χ3v) is 2.97. The van der Waals surface area contributed by atoms with Crippen molar-refractivity contribution in [2.45, 2.75) is 19.4 Å². The fraction of sp³-hybridized carbons (Fsp3) is 0.545. The number of pyridine rings is 1. The van der Waals surface area contributed by atoms with E-state index in [1.165, 1.54) is 0 Å². The van der Waals surface area contributed by atoms with Crippen molar-refractivity contribution in [3.8, 4) is 0 Å². The van der Waals surface area contributed by atoms with Crippen molar-refractivity contribution in [1.82, 2.24) is 4.98 Å². The molecule has 0 amide bonds. The summed E-state index contributed by atoms with van der Waals surface area (Å²) < 4.78 is 0. The quantitative estimate of drug-likeness (QED) is 0.645. The van der Waals surface area contributed by atoms with Crippen LogP contribution in [0.3, 0.4) is 0 Å². The zero-order valence-corrected chi connectivity index (χ0v) is 11.8. The van der Waals surface area contributed by atoms with Gasteiger partial charge >= 0.3 is 0 Å². The molecule has 0 radical (unpaired) electrons. The largest absolute Gasteiger partial charge is 0.394 e. The van der Waals surface area contributed by atoms with Gasteiger partial charge in [0.25, 0.3) is 0 Å². The number of hydrogen-bond donors (Lipinski definition) is 4. The summed E-state index contributed by atoms with van der Waals surface area (Å²) in [5.41, 5.74) is -0.895. The molecule has 1 aromatic heterocycles. The predicted molar refractivity (Wildman–Crippen MR) is 74.6 cm³/mol. The van der Waals surface area contributed by atoms with E-state index in [0.717, 1.165) is 0 Å². The second kappa shape index (κ2) is 6.43. The number of halogens is 2. The van der Waals surface area contributed by atoms with Crippen molar-refractivity contribution in [2.24, 2.45) is 0 Å². The Hall–Kier alpha value is -0.750. The molecule has 1 aromatic rings. The molecule has 0 aliphatic carbocycles. The van der Waals surface area contributed by atoms with Crippen LogP contribution in [0.15, 0.2) is 6.07 Å². The zero-order valence-electron chi connectivity index (χ0n) is 10.3. The summed E-state index contributed by atoms with van der Waals surface area (Å²) in [6, 6.07) is 1.56. The molecule has 0 saturated heterocycles. The minimum absolute atomic E-state index is 0.249. The Morgan fingerprint density at radius 2 is 1.78 bits per heavy atom. The topological polar surface area (TPSA) is 77.4 Å². The van der Waals surface area contributed by atoms with Gasteiger partial charge in [-0.25, -0.2) is 4.98 Å². The van der Waals surface area contributed by atoms with E-state index in [1.54, 1.807) is 13.0 Å². The van der Waals surface area contributed by atoms with E-state index in [1.807, 2.05) is 6.92 Å². The molecule has 0 spiro atoms. The molecule has 0 unspecified atom stereocenters. The van der Waals surface area contributed by atoms with Crippen LogP contribution in [0, 0.1) is 0 Å². The molecule has 0 aliphatic heterocycles. The molecule has 1 rings (SSSR count). The van der Waals surface area contributed by atoms with Crippen LogP contribution in [-0.2, 0) is 0 Å². The predicted octanol–water partition coefficient (Wildman–Crippen LogP) is 1.98. The molecule has 0 aliphatic rings. The lowest BCUT2D eigenvalue weighted by Crippen LogP contribution is -2.42. The Balaban J connectivity index is 3.05. The Morgan fingerprint density at radius 1 is 1.22 bits per heavy atom. The number of nitrogens with zero attached hydrogens (tertiary/aromatic N) is 1. The zero-order chi connectivity index (χ0) is 13.8. The van der Waals surface area contributed by atoms with Crippen LogP contribution in [0.5, 0.6) is 0 Å². The van der Waals surface area contributed by atoms with Gasteiger partial charge in [-0.15, -0.1) is 0 Å². The van der Waals surface area contributed by atoms with Gasteiger partial charge in [0.05, 0.1) is 28.8 Å². The molecular formula is C11H17Cl2N3O2.